The van der Waals surface area contributed by atoms with E-state index in [0.29, 0.717) is 23.5 Å². The van der Waals surface area contributed by atoms with Crippen molar-refractivity contribution in [3.8, 4) is 0 Å². The second-order valence-corrected chi connectivity index (χ2v) is 6.75. The first kappa shape index (κ1) is 18.0. The van der Waals surface area contributed by atoms with E-state index in [0.717, 1.165) is 0 Å². The Kier molecular flexibility index (Phi) is 5.28. The van der Waals surface area contributed by atoms with Gasteiger partial charge in [0.15, 0.2) is 0 Å². The molecule has 0 aromatic carbocycles. The summed E-state index contributed by atoms with van der Waals surface area (Å²) in [5, 5.41) is 13.3. The smallest absolute Gasteiger partial charge is 0.410 e. The number of aromatic nitrogens is 2. The van der Waals surface area contributed by atoms with Crippen LogP contribution in [0.4, 0.5) is 4.79 Å². The third-order valence-electron chi connectivity index (χ3n) is 3.55. The van der Waals surface area contributed by atoms with Gasteiger partial charge in [0.1, 0.15) is 11.3 Å². The van der Waals surface area contributed by atoms with Crippen molar-refractivity contribution >= 4 is 17.5 Å². The zero-order chi connectivity index (χ0) is 17.9. The van der Waals surface area contributed by atoms with Crippen molar-refractivity contribution in [3.63, 3.8) is 0 Å². The van der Waals surface area contributed by atoms with Crippen LogP contribution in [0.2, 0.25) is 0 Å². The Balaban J connectivity index is 2.20. The van der Waals surface area contributed by atoms with Crippen LogP contribution in [0.15, 0.2) is 23.6 Å². The Hall–Kier alpha value is -2.35. The van der Waals surface area contributed by atoms with Crippen LogP contribution in [0, 0.1) is 0 Å². The molecule has 0 bridgehead atoms. The van der Waals surface area contributed by atoms with Crippen LogP contribution in [0.3, 0.4) is 0 Å². The van der Waals surface area contributed by atoms with Crippen molar-refractivity contribution in [2.45, 2.75) is 45.9 Å². The van der Waals surface area contributed by atoms with Gasteiger partial charge in [0.25, 0.3) is 0 Å². The van der Waals surface area contributed by atoms with Crippen LogP contribution in [0.1, 0.15) is 33.3 Å². The topological polar surface area (TPSA) is 106 Å². The van der Waals surface area contributed by atoms with Crippen molar-refractivity contribution in [3.05, 3.63) is 24.2 Å². The van der Waals surface area contributed by atoms with Crippen LogP contribution in [0.25, 0.3) is 5.70 Å². The molecule has 2 rings (SSSR count). The summed E-state index contributed by atoms with van der Waals surface area (Å²) in [6, 6.07) is -0.0618. The third kappa shape index (κ3) is 4.14. The molecule has 2 heterocycles. The Morgan fingerprint density at radius 2 is 2.25 bits per heavy atom. The Morgan fingerprint density at radius 1 is 1.54 bits per heavy atom. The number of aliphatic imine (C=N–C) groups is 1. The summed E-state index contributed by atoms with van der Waals surface area (Å²) in [5.74, 6) is 0. The molecule has 1 amide bonds. The number of aliphatic hydroxyl groups excluding tert-OH is 1. The molecule has 1 aromatic heterocycles. The molecule has 8 heteroatoms. The highest BCUT2D eigenvalue weighted by atomic mass is 16.6. The van der Waals surface area contributed by atoms with Gasteiger partial charge >= 0.3 is 6.09 Å². The molecular formula is C16H25N5O3. The van der Waals surface area contributed by atoms with Gasteiger partial charge in [0, 0.05) is 18.0 Å². The highest BCUT2D eigenvalue weighted by Gasteiger charge is 2.31. The van der Waals surface area contributed by atoms with Gasteiger partial charge in [0.2, 0.25) is 0 Å². The largest absolute Gasteiger partial charge is 0.444 e. The fourth-order valence-corrected chi connectivity index (χ4v) is 2.31. The number of ether oxygens (including phenoxy) is 1. The summed E-state index contributed by atoms with van der Waals surface area (Å²) < 4.78 is 7.01. The molecular weight excluding hydrogens is 310 g/mol. The summed E-state index contributed by atoms with van der Waals surface area (Å²) in [6.45, 7) is 8.06. The molecule has 1 atom stereocenters. The maximum Gasteiger partial charge on any atom is 0.410 e. The Labute approximate surface area is 141 Å². The van der Waals surface area contributed by atoms with Gasteiger partial charge in [-0.15, -0.1) is 0 Å². The van der Waals surface area contributed by atoms with Gasteiger partial charge in [0.05, 0.1) is 37.6 Å². The summed E-state index contributed by atoms with van der Waals surface area (Å²) in [7, 11) is 0. The number of nitrogens with zero attached hydrogens (tertiary/aromatic N) is 4. The van der Waals surface area contributed by atoms with Gasteiger partial charge in [-0.25, -0.2) is 9.48 Å². The maximum atomic E-state index is 12.4. The first-order valence-electron chi connectivity index (χ1n) is 7.85. The summed E-state index contributed by atoms with van der Waals surface area (Å²) >= 11 is 0. The number of hydrogen-bond acceptors (Lipinski definition) is 6. The number of rotatable bonds is 3. The molecule has 0 saturated carbocycles. The van der Waals surface area contributed by atoms with Crippen LogP contribution in [0.5, 0.6) is 0 Å². The van der Waals surface area contributed by atoms with Gasteiger partial charge in [-0.05, 0) is 27.7 Å². The van der Waals surface area contributed by atoms with E-state index in [1.165, 1.54) is 6.20 Å². The minimum Gasteiger partial charge on any atom is -0.444 e. The standard InChI is InChI=1S/C16H25N5O3/c1-11-6-18-13(9-20(11)15(23)24-16(2,3)4)14(5-17)21-8-12(10-22)7-19-21/h5,7-8,11,22H,6,9-10,17H2,1-4H3. The molecule has 24 heavy (non-hydrogen) atoms. The number of carbonyl (C=O) groups excluding carboxylic acids is 1. The predicted octanol–water partition coefficient (Wildman–Crippen LogP) is 1.21. The SMILES string of the molecule is CC1CN=C(C(=CN)n2cc(CO)cn2)CN1C(=O)OC(C)(C)C. The number of carbonyl (C=O) groups is 1. The minimum atomic E-state index is -0.559. The Bertz CT molecular complexity index is 657. The summed E-state index contributed by atoms with van der Waals surface area (Å²) in [5.41, 5.74) is 7.08. The maximum absolute atomic E-state index is 12.4. The number of amides is 1. The molecule has 0 saturated heterocycles. The lowest BCUT2D eigenvalue weighted by molar-refractivity contribution is 0.0209. The molecule has 0 fully saturated rings. The predicted molar refractivity (Wildman–Crippen MR) is 91.3 cm³/mol. The van der Waals surface area contributed by atoms with Crippen molar-refractivity contribution in [1.82, 2.24) is 14.7 Å². The molecule has 1 aliphatic rings. The van der Waals surface area contributed by atoms with E-state index < -0.39 is 5.60 Å². The van der Waals surface area contributed by atoms with Crippen LogP contribution in [-0.4, -0.2) is 56.3 Å². The molecule has 0 aliphatic carbocycles. The summed E-state index contributed by atoms with van der Waals surface area (Å²) in [6.07, 6.45) is 4.25. The fraction of sp³-hybridized carbons (Fsp3) is 0.562. The lowest BCUT2D eigenvalue weighted by atomic mass is 10.1. The lowest BCUT2D eigenvalue weighted by Crippen LogP contribution is -2.49. The highest BCUT2D eigenvalue weighted by Crippen LogP contribution is 2.18. The quantitative estimate of drug-likeness (QED) is 0.863. The molecule has 1 aliphatic heterocycles. The fourth-order valence-electron chi connectivity index (χ4n) is 2.31. The van der Waals surface area contributed by atoms with E-state index in [2.05, 4.69) is 10.1 Å². The van der Waals surface area contributed by atoms with E-state index in [-0.39, 0.29) is 25.3 Å². The molecule has 0 radical (unpaired) electrons. The normalized spacial score (nSPS) is 19.2. The van der Waals surface area contributed by atoms with Crippen molar-refractivity contribution in [2.24, 2.45) is 10.7 Å². The number of aliphatic hydroxyl groups is 1. The van der Waals surface area contributed by atoms with Crippen LogP contribution >= 0.6 is 0 Å². The van der Waals surface area contributed by atoms with Crippen molar-refractivity contribution in [1.29, 1.82) is 0 Å². The first-order valence-corrected chi connectivity index (χ1v) is 7.85. The van der Waals surface area contributed by atoms with E-state index in [1.807, 2.05) is 27.7 Å². The molecule has 1 aromatic rings. The second kappa shape index (κ2) is 7.04. The van der Waals surface area contributed by atoms with E-state index in [1.54, 1.807) is 22.0 Å². The molecule has 1 unspecified atom stereocenters. The molecule has 0 spiro atoms. The van der Waals surface area contributed by atoms with Gasteiger partial charge in [-0.3, -0.25) is 9.89 Å². The first-order chi connectivity index (χ1) is 11.2. The average Bonchev–Trinajstić information content (AvgIpc) is 2.96. The monoisotopic (exact) mass is 335 g/mol. The lowest BCUT2D eigenvalue weighted by Gasteiger charge is -2.34. The number of hydrogen-bond donors (Lipinski definition) is 2. The van der Waals surface area contributed by atoms with Crippen molar-refractivity contribution in [2.75, 3.05) is 13.1 Å². The highest BCUT2D eigenvalue weighted by molar-refractivity contribution is 6.20. The molecule has 8 nitrogen and oxygen atoms in total. The minimum absolute atomic E-state index is 0.0618. The average molecular weight is 335 g/mol. The molecule has 3 N–H and O–H groups in total. The summed E-state index contributed by atoms with van der Waals surface area (Å²) in [4.78, 5) is 18.6. The number of nitrogens with two attached hydrogens (primary N) is 1. The van der Waals surface area contributed by atoms with Crippen molar-refractivity contribution < 1.29 is 14.6 Å². The van der Waals surface area contributed by atoms with Gasteiger partial charge < -0.3 is 15.6 Å². The van der Waals surface area contributed by atoms with E-state index >= 15 is 0 Å². The third-order valence-corrected chi connectivity index (χ3v) is 3.55. The van der Waals surface area contributed by atoms with E-state index in [4.69, 9.17) is 15.6 Å². The molecule has 132 valence electrons. The van der Waals surface area contributed by atoms with Crippen LogP contribution < -0.4 is 5.73 Å². The van der Waals surface area contributed by atoms with Gasteiger partial charge in [-0.2, -0.15) is 5.10 Å². The zero-order valence-electron chi connectivity index (χ0n) is 14.6. The van der Waals surface area contributed by atoms with E-state index in [9.17, 15) is 4.79 Å². The second-order valence-electron chi connectivity index (χ2n) is 6.75. The van der Waals surface area contributed by atoms with Gasteiger partial charge in [-0.1, -0.05) is 0 Å². The Morgan fingerprint density at radius 3 is 2.79 bits per heavy atom. The van der Waals surface area contributed by atoms with Crippen LogP contribution in [-0.2, 0) is 11.3 Å². The zero-order valence-corrected chi connectivity index (χ0v) is 14.6.